The van der Waals surface area contributed by atoms with Crippen LogP contribution >= 0.6 is 0 Å². The molecule has 104 valence electrons. The third-order valence-electron chi connectivity index (χ3n) is 3.59. The van der Waals surface area contributed by atoms with Crippen molar-refractivity contribution in [2.45, 2.75) is 31.4 Å². The predicted molar refractivity (Wildman–Crippen MR) is 74.3 cm³/mol. The first-order valence-electron chi connectivity index (χ1n) is 6.41. The van der Waals surface area contributed by atoms with Gasteiger partial charge in [0, 0.05) is 13.2 Å². The normalized spacial score (nSPS) is 22.2. The first-order chi connectivity index (χ1) is 9.15. The van der Waals surface area contributed by atoms with E-state index in [1.807, 2.05) is 6.07 Å². The van der Waals surface area contributed by atoms with Crippen molar-refractivity contribution in [3.63, 3.8) is 0 Å². The SMILES string of the molecule is COC(=O)c1cccc(NC2CCC(OC)C2)c1N. The average molecular weight is 264 g/mol. The number of para-hydroxylation sites is 1. The molecule has 19 heavy (non-hydrogen) atoms. The lowest BCUT2D eigenvalue weighted by Crippen LogP contribution is -2.19. The lowest BCUT2D eigenvalue weighted by atomic mass is 10.1. The van der Waals surface area contributed by atoms with Gasteiger partial charge in [-0.2, -0.15) is 0 Å². The number of ether oxygens (including phenoxy) is 2. The summed E-state index contributed by atoms with van der Waals surface area (Å²) in [6.45, 7) is 0. The number of carbonyl (C=O) groups excluding carboxylic acids is 1. The molecule has 2 unspecified atom stereocenters. The van der Waals surface area contributed by atoms with Crippen LogP contribution in [0.2, 0.25) is 0 Å². The molecule has 0 radical (unpaired) electrons. The van der Waals surface area contributed by atoms with Crippen LogP contribution in [-0.4, -0.2) is 32.3 Å². The van der Waals surface area contributed by atoms with Crippen molar-refractivity contribution in [3.05, 3.63) is 23.8 Å². The Morgan fingerprint density at radius 2 is 2.16 bits per heavy atom. The Labute approximate surface area is 113 Å². The minimum atomic E-state index is -0.415. The van der Waals surface area contributed by atoms with Gasteiger partial charge in [-0.05, 0) is 31.4 Å². The molecule has 0 bridgehead atoms. The highest BCUT2D eigenvalue weighted by Gasteiger charge is 2.25. The summed E-state index contributed by atoms with van der Waals surface area (Å²) in [5.41, 5.74) is 7.63. The number of hydrogen-bond acceptors (Lipinski definition) is 5. The van der Waals surface area contributed by atoms with Crippen molar-refractivity contribution < 1.29 is 14.3 Å². The molecule has 3 N–H and O–H groups in total. The number of nitrogen functional groups attached to an aromatic ring is 1. The van der Waals surface area contributed by atoms with Gasteiger partial charge in [0.15, 0.2) is 0 Å². The van der Waals surface area contributed by atoms with Crippen molar-refractivity contribution in [2.24, 2.45) is 0 Å². The molecule has 0 aliphatic heterocycles. The zero-order valence-electron chi connectivity index (χ0n) is 11.3. The molecule has 2 atom stereocenters. The summed E-state index contributed by atoms with van der Waals surface area (Å²) >= 11 is 0. The molecule has 5 heteroatoms. The van der Waals surface area contributed by atoms with Crippen LogP contribution < -0.4 is 11.1 Å². The zero-order valence-corrected chi connectivity index (χ0v) is 11.3. The van der Waals surface area contributed by atoms with Crippen molar-refractivity contribution in [3.8, 4) is 0 Å². The van der Waals surface area contributed by atoms with E-state index >= 15 is 0 Å². The van der Waals surface area contributed by atoms with Crippen LogP contribution in [0, 0.1) is 0 Å². The molecular weight excluding hydrogens is 244 g/mol. The highest BCUT2D eigenvalue weighted by molar-refractivity contribution is 5.98. The van der Waals surface area contributed by atoms with Crippen molar-refractivity contribution in [1.29, 1.82) is 0 Å². The lowest BCUT2D eigenvalue weighted by molar-refractivity contribution is 0.0602. The maximum atomic E-state index is 11.6. The molecule has 1 saturated carbocycles. The number of esters is 1. The topological polar surface area (TPSA) is 73.6 Å². The monoisotopic (exact) mass is 264 g/mol. The van der Waals surface area contributed by atoms with Gasteiger partial charge in [-0.1, -0.05) is 6.07 Å². The van der Waals surface area contributed by atoms with Crippen molar-refractivity contribution >= 4 is 17.3 Å². The lowest BCUT2D eigenvalue weighted by Gasteiger charge is -2.17. The van der Waals surface area contributed by atoms with Crippen LogP contribution in [0.15, 0.2) is 18.2 Å². The summed E-state index contributed by atoms with van der Waals surface area (Å²) in [5.74, 6) is -0.415. The number of nitrogens with two attached hydrogens (primary N) is 1. The van der Waals surface area contributed by atoms with E-state index in [2.05, 4.69) is 5.32 Å². The molecule has 1 fully saturated rings. The van der Waals surface area contributed by atoms with Crippen LogP contribution in [0.5, 0.6) is 0 Å². The van der Waals surface area contributed by atoms with E-state index in [1.165, 1.54) is 7.11 Å². The Bertz CT molecular complexity index is 462. The number of benzene rings is 1. The van der Waals surface area contributed by atoms with Crippen LogP contribution in [0.25, 0.3) is 0 Å². The molecule has 1 aromatic rings. The fourth-order valence-electron chi connectivity index (χ4n) is 2.48. The third kappa shape index (κ3) is 2.98. The molecule has 0 heterocycles. The van der Waals surface area contributed by atoms with Gasteiger partial charge in [-0.3, -0.25) is 0 Å². The quantitative estimate of drug-likeness (QED) is 0.643. The molecule has 1 aromatic carbocycles. The predicted octanol–water partition coefficient (Wildman–Crippen LogP) is 2.03. The van der Waals surface area contributed by atoms with E-state index in [0.29, 0.717) is 23.4 Å². The summed E-state index contributed by atoms with van der Waals surface area (Å²) in [7, 11) is 3.08. The fourth-order valence-corrected chi connectivity index (χ4v) is 2.48. The summed E-state index contributed by atoms with van der Waals surface area (Å²) in [5, 5.41) is 3.38. The van der Waals surface area contributed by atoms with Gasteiger partial charge in [0.25, 0.3) is 0 Å². The van der Waals surface area contributed by atoms with E-state index in [1.54, 1.807) is 19.2 Å². The highest BCUT2D eigenvalue weighted by atomic mass is 16.5. The largest absolute Gasteiger partial charge is 0.465 e. The first-order valence-corrected chi connectivity index (χ1v) is 6.41. The molecule has 0 aromatic heterocycles. The number of anilines is 2. The number of carbonyl (C=O) groups is 1. The standard InChI is InChI=1S/C14H20N2O3/c1-18-10-7-6-9(8-10)16-12-5-3-4-11(13(12)15)14(17)19-2/h3-5,9-10,16H,6-8,15H2,1-2H3. The molecule has 1 aliphatic rings. The highest BCUT2D eigenvalue weighted by Crippen LogP contribution is 2.29. The van der Waals surface area contributed by atoms with Crippen molar-refractivity contribution in [2.75, 3.05) is 25.3 Å². The molecular formula is C14H20N2O3. The van der Waals surface area contributed by atoms with Gasteiger partial charge >= 0.3 is 5.97 Å². The van der Waals surface area contributed by atoms with Crippen LogP contribution in [-0.2, 0) is 9.47 Å². The second-order valence-electron chi connectivity index (χ2n) is 4.77. The van der Waals surface area contributed by atoms with Gasteiger partial charge in [0.05, 0.1) is 30.2 Å². The van der Waals surface area contributed by atoms with E-state index in [-0.39, 0.29) is 0 Å². The van der Waals surface area contributed by atoms with E-state index < -0.39 is 5.97 Å². The molecule has 0 amide bonds. The summed E-state index contributed by atoms with van der Waals surface area (Å²) in [4.78, 5) is 11.6. The first kappa shape index (κ1) is 13.7. The molecule has 0 saturated heterocycles. The van der Waals surface area contributed by atoms with Crippen LogP contribution in [0.4, 0.5) is 11.4 Å². The van der Waals surface area contributed by atoms with Gasteiger partial charge in [-0.25, -0.2) is 4.79 Å². The molecule has 5 nitrogen and oxygen atoms in total. The van der Waals surface area contributed by atoms with E-state index in [9.17, 15) is 4.79 Å². The average Bonchev–Trinajstić information content (AvgIpc) is 2.88. The molecule has 0 spiro atoms. The summed E-state index contributed by atoms with van der Waals surface area (Å²) < 4.78 is 10.1. The van der Waals surface area contributed by atoms with Crippen LogP contribution in [0.3, 0.4) is 0 Å². The minimum Gasteiger partial charge on any atom is -0.465 e. The fraction of sp³-hybridized carbons (Fsp3) is 0.500. The molecule has 1 aliphatic carbocycles. The second-order valence-corrected chi connectivity index (χ2v) is 4.77. The van der Waals surface area contributed by atoms with Gasteiger partial charge < -0.3 is 20.5 Å². The third-order valence-corrected chi connectivity index (χ3v) is 3.59. The number of methoxy groups -OCH3 is 2. The van der Waals surface area contributed by atoms with Gasteiger partial charge in [0.2, 0.25) is 0 Å². The second kappa shape index (κ2) is 5.93. The van der Waals surface area contributed by atoms with E-state index in [0.717, 1.165) is 24.9 Å². The smallest absolute Gasteiger partial charge is 0.340 e. The Kier molecular flexibility index (Phi) is 4.27. The van der Waals surface area contributed by atoms with E-state index in [4.69, 9.17) is 15.2 Å². The van der Waals surface area contributed by atoms with Crippen LogP contribution in [0.1, 0.15) is 29.6 Å². The van der Waals surface area contributed by atoms with Gasteiger partial charge in [0.1, 0.15) is 0 Å². The number of rotatable bonds is 4. The van der Waals surface area contributed by atoms with Gasteiger partial charge in [-0.15, -0.1) is 0 Å². The Morgan fingerprint density at radius 3 is 2.79 bits per heavy atom. The Morgan fingerprint density at radius 1 is 1.37 bits per heavy atom. The zero-order chi connectivity index (χ0) is 13.8. The Balaban J connectivity index is 2.11. The minimum absolute atomic E-state index is 0.308. The Hall–Kier alpha value is -1.75. The number of hydrogen-bond donors (Lipinski definition) is 2. The maximum Gasteiger partial charge on any atom is 0.340 e. The number of nitrogens with one attached hydrogen (secondary N) is 1. The summed E-state index contributed by atoms with van der Waals surface area (Å²) in [6.07, 6.45) is 3.35. The molecule has 2 rings (SSSR count). The summed E-state index contributed by atoms with van der Waals surface area (Å²) in [6, 6.07) is 5.68. The maximum absolute atomic E-state index is 11.6. The van der Waals surface area contributed by atoms with Crippen molar-refractivity contribution in [1.82, 2.24) is 0 Å².